The fraction of sp³-hybridized carbons (Fsp3) is 0.125. The number of nitrogens with two attached hydrogens (primary N) is 2. The molecule has 108 valence electrons. The van der Waals surface area contributed by atoms with Crippen LogP contribution >= 0.6 is 0 Å². The Labute approximate surface area is 123 Å². The highest BCUT2D eigenvalue weighted by atomic mass is 16.2. The Morgan fingerprint density at radius 1 is 1.10 bits per heavy atom. The van der Waals surface area contributed by atoms with Crippen LogP contribution in [-0.4, -0.2) is 11.8 Å². The van der Waals surface area contributed by atoms with Crippen LogP contribution in [0.2, 0.25) is 0 Å². The van der Waals surface area contributed by atoms with Crippen LogP contribution in [0.3, 0.4) is 0 Å². The van der Waals surface area contributed by atoms with Crippen molar-refractivity contribution in [2.75, 3.05) is 11.1 Å². The lowest BCUT2D eigenvalue weighted by Crippen LogP contribution is -2.14. The molecule has 2 aromatic rings. The number of primary amides is 1. The van der Waals surface area contributed by atoms with E-state index in [0.717, 1.165) is 11.1 Å². The van der Waals surface area contributed by atoms with Crippen molar-refractivity contribution in [2.24, 2.45) is 5.73 Å². The van der Waals surface area contributed by atoms with Crippen molar-refractivity contribution in [3.05, 3.63) is 59.2 Å². The largest absolute Gasteiger partial charge is 0.398 e. The van der Waals surface area contributed by atoms with Gasteiger partial charge < -0.3 is 16.8 Å². The van der Waals surface area contributed by atoms with Crippen LogP contribution in [0.1, 0.15) is 21.5 Å². The minimum Gasteiger partial charge on any atom is -0.398 e. The van der Waals surface area contributed by atoms with E-state index in [9.17, 15) is 9.59 Å². The third-order valence-electron chi connectivity index (χ3n) is 3.13. The molecule has 0 fully saturated rings. The molecule has 5 heteroatoms. The highest BCUT2D eigenvalue weighted by Crippen LogP contribution is 2.15. The van der Waals surface area contributed by atoms with Crippen molar-refractivity contribution in [2.45, 2.75) is 13.3 Å². The molecule has 0 saturated carbocycles. The highest BCUT2D eigenvalue weighted by molar-refractivity contribution is 6.04. The van der Waals surface area contributed by atoms with Gasteiger partial charge in [-0.2, -0.15) is 0 Å². The summed E-state index contributed by atoms with van der Waals surface area (Å²) < 4.78 is 0. The molecule has 2 rings (SSSR count). The van der Waals surface area contributed by atoms with Gasteiger partial charge in [-0.3, -0.25) is 9.59 Å². The Kier molecular flexibility index (Phi) is 4.23. The number of rotatable bonds is 4. The predicted octanol–water partition coefficient (Wildman–Crippen LogP) is 1.86. The summed E-state index contributed by atoms with van der Waals surface area (Å²) in [6.45, 7) is 1.88. The molecule has 0 aliphatic rings. The number of aryl methyl sites for hydroxylation is 1. The monoisotopic (exact) mass is 283 g/mol. The molecule has 2 aromatic carbocycles. The normalized spacial score (nSPS) is 10.1. The maximum atomic E-state index is 12.1. The topological polar surface area (TPSA) is 98.2 Å². The van der Waals surface area contributed by atoms with E-state index in [1.54, 1.807) is 42.5 Å². The number of nitrogen functional groups attached to an aromatic ring is 1. The molecular formula is C16H17N3O2. The number of nitrogens with one attached hydrogen (secondary N) is 1. The van der Waals surface area contributed by atoms with Crippen LogP contribution in [0.4, 0.5) is 11.4 Å². The van der Waals surface area contributed by atoms with E-state index in [0.29, 0.717) is 16.9 Å². The number of hydrogen-bond acceptors (Lipinski definition) is 3. The molecule has 2 amide bonds. The van der Waals surface area contributed by atoms with Crippen LogP contribution in [0, 0.1) is 6.92 Å². The Morgan fingerprint density at radius 2 is 1.76 bits per heavy atom. The smallest absolute Gasteiger partial charge is 0.255 e. The van der Waals surface area contributed by atoms with E-state index in [1.165, 1.54) is 0 Å². The van der Waals surface area contributed by atoms with Crippen molar-refractivity contribution >= 4 is 23.2 Å². The van der Waals surface area contributed by atoms with Gasteiger partial charge in [0.25, 0.3) is 5.91 Å². The quantitative estimate of drug-likeness (QED) is 0.747. The second-order valence-electron chi connectivity index (χ2n) is 4.87. The maximum absolute atomic E-state index is 12.1. The highest BCUT2D eigenvalue weighted by Gasteiger charge is 2.07. The third-order valence-corrected chi connectivity index (χ3v) is 3.13. The summed E-state index contributed by atoms with van der Waals surface area (Å²) in [5, 5.41) is 2.77. The second-order valence-corrected chi connectivity index (χ2v) is 4.87. The molecule has 0 aromatic heterocycles. The second kappa shape index (κ2) is 6.09. The zero-order chi connectivity index (χ0) is 15.4. The van der Waals surface area contributed by atoms with Crippen molar-refractivity contribution in [3.63, 3.8) is 0 Å². The zero-order valence-electron chi connectivity index (χ0n) is 11.7. The summed E-state index contributed by atoms with van der Waals surface area (Å²) in [6, 6.07) is 12.1. The van der Waals surface area contributed by atoms with Gasteiger partial charge >= 0.3 is 0 Å². The van der Waals surface area contributed by atoms with E-state index in [2.05, 4.69) is 5.32 Å². The number of benzene rings is 2. The first-order valence-electron chi connectivity index (χ1n) is 6.50. The lowest BCUT2D eigenvalue weighted by atomic mass is 10.1. The van der Waals surface area contributed by atoms with E-state index >= 15 is 0 Å². The van der Waals surface area contributed by atoms with Crippen molar-refractivity contribution in [1.29, 1.82) is 0 Å². The van der Waals surface area contributed by atoms with Crippen LogP contribution in [0.5, 0.6) is 0 Å². The molecule has 0 radical (unpaired) electrons. The van der Waals surface area contributed by atoms with E-state index < -0.39 is 0 Å². The molecule has 0 aliphatic carbocycles. The van der Waals surface area contributed by atoms with Gasteiger partial charge in [-0.15, -0.1) is 0 Å². The van der Waals surface area contributed by atoms with E-state index in [4.69, 9.17) is 11.5 Å². The van der Waals surface area contributed by atoms with Gasteiger partial charge in [-0.05, 0) is 42.3 Å². The molecule has 0 aliphatic heterocycles. The van der Waals surface area contributed by atoms with Crippen LogP contribution in [0.25, 0.3) is 0 Å². The first-order valence-corrected chi connectivity index (χ1v) is 6.50. The summed E-state index contributed by atoms with van der Waals surface area (Å²) in [5.41, 5.74) is 14.4. The number of hydrogen-bond donors (Lipinski definition) is 3. The average molecular weight is 283 g/mol. The summed E-state index contributed by atoms with van der Waals surface area (Å²) in [7, 11) is 0. The molecule has 5 nitrogen and oxygen atoms in total. The number of amides is 2. The molecule has 0 heterocycles. The summed E-state index contributed by atoms with van der Waals surface area (Å²) in [5.74, 6) is -0.619. The zero-order valence-corrected chi connectivity index (χ0v) is 11.7. The lowest BCUT2D eigenvalue weighted by molar-refractivity contribution is -0.117. The Hall–Kier alpha value is -2.82. The molecule has 0 atom stereocenters. The molecule has 0 saturated heterocycles. The average Bonchev–Trinajstić information content (AvgIpc) is 2.43. The first kappa shape index (κ1) is 14.6. The Morgan fingerprint density at radius 3 is 2.33 bits per heavy atom. The van der Waals surface area contributed by atoms with E-state index in [1.807, 2.05) is 6.92 Å². The van der Waals surface area contributed by atoms with Gasteiger partial charge in [-0.1, -0.05) is 18.2 Å². The van der Waals surface area contributed by atoms with Crippen LogP contribution in [0.15, 0.2) is 42.5 Å². The van der Waals surface area contributed by atoms with Gasteiger partial charge in [0.2, 0.25) is 5.91 Å². The Balaban J connectivity index is 2.08. The van der Waals surface area contributed by atoms with Gasteiger partial charge in [0, 0.05) is 16.9 Å². The van der Waals surface area contributed by atoms with Crippen molar-refractivity contribution in [1.82, 2.24) is 0 Å². The van der Waals surface area contributed by atoms with Crippen molar-refractivity contribution < 1.29 is 9.59 Å². The fourth-order valence-corrected chi connectivity index (χ4v) is 1.89. The maximum Gasteiger partial charge on any atom is 0.255 e. The molecule has 0 unspecified atom stereocenters. The molecule has 0 spiro atoms. The van der Waals surface area contributed by atoms with Gasteiger partial charge in [0.05, 0.1) is 6.42 Å². The third kappa shape index (κ3) is 3.82. The minimum atomic E-state index is -0.387. The number of anilines is 2. The summed E-state index contributed by atoms with van der Waals surface area (Å²) in [6.07, 6.45) is 0.183. The van der Waals surface area contributed by atoms with Gasteiger partial charge in [0.1, 0.15) is 0 Å². The first-order chi connectivity index (χ1) is 9.95. The Bertz CT molecular complexity index is 678. The molecule has 21 heavy (non-hydrogen) atoms. The SMILES string of the molecule is Cc1ccc(C(=O)Nc2ccc(CC(N)=O)cc2)cc1N. The van der Waals surface area contributed by atoms with E-state index in [-0.39, 0.29) is 18.2 Å². The summed E-state index contributed by atoms with van der Waals surface area (Å²) in [4.78, 5) is 22.9. The van der Waals surface area contributed by atoms with Crippen molar-refractivity contribution in [3.8, 4) is 0 Å². The number of carbonyl (C=O) groups excluding carboxylic acids is 2. The molecule has 5 N–H and O–H groups in total. The van der Waals surface area contributed by atoms with Gasteiger partial charge in [0.15, 0.2) is 0 Å². The van der Waals surface area contributed by atoms with Gasteiger partial charge in [-0.25, -0.2) is 0 Å². The number of carbonyl (C=O) groups is 2. The standard InChI is InChI=1S/C16H17N3O2/c1-10-2-5-12(9-14(10)17)16(21)19-13-6-3-11(4-7-13)8-15(18)20/h2-7,9H,8,17H2,1H3,(H2,18,20)(H,19,21). The van der Waals surface area contributed by atoms with Crippen LogP contribution in [-0.2, 0) is 11.2 Å². The molecule has 0 bridgehead atoms. The predicted molar refractivity (Wildman–Crippen MR) is 82.9 cm³/mol. The summed E-state index contributed by atoms with van der Waals surface area (Å²) >= 11 is 0. The van der Waals surface area contributed by atoms with Crippen LogP contribution < -0.4 is 16.8 Å². The lowest BCUT2D eigenvalue weighted by Gasteiger charge is -2.08. The molecular weight excluding hydrogens is 266 g/mol. The minimum absolute atomic E-state index is 0.183. The fourth-order valence-electron chi connectivity index (χ4n) is 1.89.